The molecule has 2 aromatic rings. The Balaban J connectivity index is 1.98. The van der Waals surface area contributed by atoms with Gasteiger partial charge in [-0.05, 0) is 18.6 Å². The fourth-order valence-electron chi connectivity index (χ4n) is 1.32. The molecule has 0 atom stereocenters. The quantitative estimate of drug-likeness (QED) is 0.738. The Morgan fingerprint density at radius 2 is 2.28 bits per heavy atom. The molecule has 0 radical (unpaired) electrons. The summed E-state index contributed by atoms with van der Waals surface area (Å²) in [6.45, 7) is 2.89. The fraction of sp³-hybridized carbons (Fsp3) is 0.273. The number of H-pyrrole nitrogens is 1. The molecule has 7 nitrogen and oxygen atoms in total. The molecule has 0 fully saturated rings. The summed E-state index contributed by atoms with van der Waals surface area (Å²) >= 11 is 0. The molecule has 0 saturated carbocycles. The molecule has 3 N–H and O–H groups in total. The summed E-state index contributed by atoms with van der Waals surface area (Å²) < 4.78 is 0. The van der Waals surface area contributed by atoms with Crippen LogP contribution < -0.4 is 10.6 Å². The molecule has 0 aliphatic carbocycles. The van der Waals surface area contributed by atoms with E-state index in [-0.39, 0.29) is 11.6 Å². The van der Waals surface area contributed by atoms with Gasteiger partial charge in [0.1, 0.15) is 5.82 Å². The third kappa shape index (κ3) is 3.03. The van der Waals surface area contributed by atoms with Crippen molar-refractivity contribution in [2.24, 2.45) is 0 Å². The molecule has 0 bridgehead atoms. The summed E-state index contributed by atoms with van der Waals surface area (Å²) in [5.74, 6) is 0.350. The van der Waals surface area contributed by atoms with Crippen molar-refractivity contribution in [1.29, 1.82) is 0 Å². The number of hydrogen-bond donors (Lipinski definition) is 3. The van der Waals surface area contributed by atoms with Gasteiger partial charge >= 0.3 is 0 Å². The zero-order chi connectivity index (χ0) is 12.8. The van der Waals surface area contributed by atoms with Crippen molar-refractivity contribution in [3.63, 3.8) is 0 Å². The number of carbonyl (C=O) groups excluding carboxylic acids is 1. The van der Waals surface area contributed by atoms with E-state index in [1.54, 1.807) is 18.3 Å². The van der Waals surface area contributed by atoms with Gasteiger partial charge in [0, 0.05) is 12.7 Å². The second-order valence-corrected chi connectivity index (χ2v) is 3.67. The summed E-state index contributed by atoms with van der Waals surface area (Å²) in [4.78, 5) is 11.8. The van der Waals surface area contributed by atoms with Gasteiger partial charge in [0.25, 0.3) is 5.91 Å². The number of carbonyl (C=O) groups is 1. The van der Waals surface area contributed by atoms with E-state index in [4.69, 9.17) is 0 Å². The van der Waals surface area contributed by atoms with Gasteiger partial charge in [0.05, 0.1) is 11.9 Å². The Labute approximate surface area is 104 Å². The maximum absolute atomic E-state index is 11.8. The van der Waals surface area contributed by atoms with Gasteiger partial charge in [-0.15, -0.1) is 10.2 Å². The third-order valence-electron chi connectivity index (χ3n) is 2.21. The van der Waals surface area contributed by atoms with Crippen molar-refractivity contribution in [3.05, 3.63) is 30.2 Å². The first-order chi connectivity index (χ1) is 8.79. The molecule has 0 saturated heterocycles. The highest BCUT2D eigenvalue weighted by atomic mass is 16.1. The second-order valence-electron chi connectivity index (χ2n) is 3.67. The van der Waals surface area contributed by atoms with Crippen LogP contribution in [0.15, 0.2) is 24.5 Å². The molecule has 2 rings (SSSR count). The van der Waals surface area contributed by atoms with Crippen molar-refractivity contribution in [2.75, 3.05) is 17.2 Å². The number of hydrogen-bond acceptors (Lipinski definition) is 5. The average molecular weight is 246 g/mol. The van der Waals surface area contributed by atoms with E-state index in [9.17, 15) is 4.79 Å². The summed E-state index contributed by atoms with van der Waals surface area (Å²) in [6, 6.07) is 3.35. The second kappa shape index (κ2) is 5.76. The van der Waals surface area contributed by atoms with Crippen LogP contribution in [0.25, 0.3) is 0 Å². The lowest BCUT2D eigenvalue weighted by atomic mass is 10.3. The van der Waals surface area contributed by atoms with E-state index in [0.29, 0.717) is 11.5 Å². The molecule has 0 aromatic carbocycles. The van der Waals surface area contributed by atoms with Crippen LogP contribution in [-0.4, -0.2) is 32.8 Å². The lowest BCUT2D eigenvalue weighted by molar-refractivity contribution is 0.102. The largest absolute Gasteiger partial charge is 0.369 e. The first kappa shape index (κ1) is 12.0. The van der Waals surface area contributed by atoms with Gasteiger partial charge in [-0.25, -0.2) is 0 Å². The molecular formula is C11H14N6O. The number of nitrogens with zero attached hydrogens (tertiary/aromatic N) is 3. The summed E-state index contributed by atoms with van der Waals surface area (Å²) in [7, 11) is 0. The Morgan fingerprint density at radius 3 is 2.89 bits per heavy atom. The maximum atomic E-state index is 11.8. The highest BCUT2D eigenvalue weighted by Crippen LogP contribution is 2.06. The van der Waals surface area contributed by atoms with E-state index in [2.05, 4.69) is 38.0 Å². The normalized spacial score (nSPS) is 10.1. The minimum atomic E-state index is -0.314. The van der Waals surface area contributed by atoms with Gasteiger partial charge in [-0.1, -0.05) is 6.92 Å². The maximum Gasteiger partial charge on any atom is 0.276 e. The van der Waals surface area contributed by atoms with Gasteiger partial charge in [0.15, 0.2) is 5.69 Å². The molecule has 18 heavy (non-hydrogen) atoms. The molecule has 2 aromatic heterocycles. The number of nitrogens with one attached hydrogen (secondary N) is 3. The Bertz CT molecular complexity index is 493. The predicted molar refractivity (Wildman–Crippen MR) is 67.4 cm³/mol. The van der Waals surface area contributed by atoms with Crippen molar-refractivity contribution in [1.82, 2.24) is 20.4 Å². The number of amides is 1. The van der Waals surface area contributed by atoms with E-state index < -0.39 is 0 Å². The summed E-state index contributed by atoms with van der Waals surface area (Å²) in [5.41, 5.74) is 0.855. The molecule has 2 heterocycles. The fourth-order valence-corrected chi connectivity index (χ4v) is 1.32. The third-order valence-corrected chi connectivity index (χ3v) is 2.21. The van der Waals surface area contributed by atoms with E-state index in [0.717, 1.165) is 13.0 Å². The van der Waals surface area contributed by atoms with Crippen LogP contribution in [0, 0.1) is 0 Å². The van der Waals surface area contributed by atoms with Crippen molar-refractivity contribution >= 4 is 17.4 Å². The van der Waals surface area contributed by atoms with Crippen LogP contribution >= 0.6 is 0 Å². The smallest absolute Gasteiger partial charge is 0.276 e. The Kier molecular flexibility index (Phi) is 3.85. The summed E-state index contributed by atoms with van der Waals surface area (Å²) in [5, 5.41) is 19.8. The standard InChI is InChI=1S/C11H14N6O/c1-2-5-12-10-4-3-9(16-17-10)11(18)15-8-6-13-14-7-8/h3-4,6-7H,2,5H2,1H3,(H,12,17)(H,13,14)(H,15,18). The molecule has 7 heteroatoms. The zero-order valence-electron chi connectivity index (χ0n) is 9.97. The van der Waals surface area contributed by atoms with Crippen LogP contribution in [0.2, 0.25) is 0 Å². The van der Waals surface area contributed by atoms with Gasteiger partial charge in [-0.2, -0.15) is 5.10 Å². The molecule has 0 spiro atoms. The van der Waals surface area contributed by atoms with Crippen LogP contribution in [0.1, 0.15) is 23.8 Å². The lowest BCUT2D eigenvalue weighted by Gasteiger charge is -2.04. The van der Waals surface area contributed by atoms with E-state index >= 15 is 0 Å². The summed E-state index contributed by atoms with van der Waals surface area (Å²) in [6.07, 6.45) is 4.11. The Hall–Kier alpha value is -2.44. The van der Waals surface area contributed by atoms with Gasteiger partial charge in [-0.3, -0.25) is 9.89 Å². The SMILES string of the molecule is CCCNc1ccc(C(=O)Nc2cn[nH]c2)nn1. The van der Waals surface area contributed by atoms with Crippen LogP contribution in [-0.2, 0) is 0 Å². The average Bonchev–Trinajstić information content (AvgIpc) is 2.89. The van der Waals surface area contributed by atoms with E-state index in [1.165, 1.54) is 6.20 Å². The number of aromatic nitrogens is 4. The van der Waals surface area contributed by atoms with E-state index in [1.807, 2.05) is 0 Å². The van der Waals surface area contributed by atoms with Crippen molar-refractivity contribution < 1.29 is 4.79 Å². The highest BCUT2D eigenvalue weighted by molar-refractivity contribution is 6.02. The molecule has 94 valence electrons. The van der Waals surface area contributed by atoms with Gasteiger partial charge < -0.3 is 10.6 Å². The highest BCUT2D eigenvalue weighted by Gasteiger charge is 2.08. The van der Waals surface area contributed by atoms with Gasteiger partial charge in [0.2, 0.25) is 0 Å². The molecule has 1 amide bonds. The van der Waals surface area contributed by atoms with Crippen LogP contribution in [0.3, 0.4) is 0 Å². The number of aromatic amines is 1. The molecular weight excluding hydrogens is 232 g/mol. The zero-order valence-corrected chi connectivity index (χ0v) is 9.97. The first-order valence-electron chi connectivity index (χ1n) is 5.67. The Morgan fingerprint density at radius 1 is 1.39 bits per heavy atom. The number of rotatable bonds is 5. The lowest BCUT2D eigenvalue weighted by Crippen LogP contribution is -2.14. The molecule has 0 aliphatic rings. The monoisotopic (exact) mass is 246 g/mol. The first-order valence-corrected chi connectivity index (χ1v) is 5.67. The van der Waals surface area contributed by atoms with Crippen LogP contribution in [0.4, 0.5) is 11.5 Å². The van der Waals surface area contributed by atoms with Crippen molar-refractivity contribution in [2.45, 2.75) is 13.3 Å². The predicted octanol–water partition coefficient (Wildman–Crippen LogP) is 1.27. The topological polar surface area (TPSA) is 95.6 Å². The molecule has 0 unspecified atom stereocenters. The number of anilines is 2. The minimum absolute atomic E-state index is 0.262. The van der Waals surface area contributed by atoms with Crippen LogP contribution in [0.5, 0.6) is 0 Å². The molecule has 0 aliphatic heterocycles. The minimum Gasteiger partial charge on any atom is -0.369 e. The van der Waals surface area contributed by atoms with Crippen molar-refractivity contribution in [3.8, 4) is 0 Å².